The lowest BCUT2D eigenvalue weighted by Crippen LogP contribution is -2.48. The molecular weight excluding hydrogens is 306 g/mol. The van der Waals surface area contributed by atoms with Crippen LogP contribution in [0.2, 0.25) is 0 Å². The largest absolute Gasteiger partial charge is 0.384 e. The van der Waals surface area contributed by atoms with Crippen molar-refractivity contribution in [1.29, 1.82) is 0 Å². The average molecular weight is 331 g/mol. The molecule has 0 bridgehead atoms. The van der Waals surface area contributed by atoms with Crippen molar-refractivity contribution in [3.63, 3.8) is 0 Å². The number of benzene rings is 1. The fourth-order valence-electron chi connectivity index (χ4n) is 3.59. The summed E-state index contributed by atoms with van der Waals surface area (Å²) in [5.74, 6) is -0.167. The van der Waals surface area contributed by atoms with E-state index in [-0.39, 0.29) is 23.8 Å². The molecule has 6 heteroatoms. The predicted molar refractivity (Wildman–Crippen MR) is 90.6 cm³/mol. The molecule has 0 unspecified atom stereocenters. The minimum atomic E-state index is -0.106. The van der Waals surface area contributed by atoms with Crippen molar-refractivity contribution < 1.29 is 14.3 Å². The summed E-state index contributed by atoms with van der Waals surface area (Å²) in [7, 11) is 1.70. The number of carbonyl (C=O) groups excluding carboxylic acids is 2. The molecule has 2 aliphatic rings. The van der Waals surface area contributed by atoms with Gasteiger partial charge >= 0.3 is 0 Å². The highest BCUT2D eigenvalue weighted by Crippen LogP contribution is 2.28. The van der Waals surface area contributed by atoms with E-state index in [0.717, 1.165) is 31.5 Å². The summed E-state index contributed by atoms with van der Waals surface area (Å²) < 4.78 is 5.37. The number of hydrogen-bond acceptors (Lipinski definition) is 4. The molecule has 24 heavy (non-hydrogen) atoms. The van der Waals surface area contributed by atoms with Gasteiger partial charge in [0.15, 0.2) is 0 Å². The quantitative estimate of drug-likeness (QED) is 0.808. The molecule has 0 radical (unpaired) electrons. The number of nitrogens with one attached hydrogen (secondary N) is 2. The molecule has 1 saturated heterocycles. The van der Waals surface area contributed by atoms with E-state index in [1.807, 2.05) is 24.3 Å². The van der Waals surface area contributed by atoms with E-state index in [2.05, 4.69) is 10.6 Å². The van der Waals surface area contributed by atoms with Crippen molar-refractivity contribution in [3.8, 4) is 0 Å². The van der Waals surface area contributed by atoms with E-state index in [9.17, 15) is 9.59 Å². The van der Waals surface area contributed by atoms with Gasteiger partial charge in [0.05, 0.1) is 6.61 Å². The first-order valence-corrected chi connectivity index (χ1v) is 8.47. The van der Waals surface area contributed by atoms with Crippen LogP contribution in [-0.2, 0) is 16.1 Å². The van der Waals surface area contributed by atoms with Gasteiger partial charge in [-0.1, -0.05) is 18.2 Å². The lowest BCUT2D eigenvalue weighted by Gasteiger charge is -2.37. The zero-order valence-electron chi connectivity index (χ0n) is 14.1. The Kier molecular flexibility index (Phi) is 5.16. The van der Waals surface area contributed by atoms with Crippen LogP contribution in [0.4, 0.5) is 0 Å². The smallest absolute Gasteiger partial charge is 0.254 e. The van der Waals surface area contributed by atoms with Crippen LogP contribution in [0.3, 0.4) is 0 Å². The molecule has 2 amide bonds. The number of rotatable bonds is 6. The van der Waals surface area contributed by atoms with Gasteiger partial charge in [0.1, 0.15) is 6.54 Å². The molecule has 6 nitrogen and oxygen atoms in total. The van der Waals surface area contributed by atoms with Gasteiger partial charge in [0, 0.05) is 31.2 Å². The summed E-state index contributed by atoms with van der Waals surface area (Å²) >= 11 is 0. The second-order valence-corrected chi connectivity index (χ2v) is 6.78. The van der Waals surface area contributed by atoms with E-state index in [1.165, 1.54) is 0 Å². The van der Waals surface area contributed by atoms with E-state index in [1.54, 1.807) is 12.0 Å². The summed E-state index contributed by atoms with van der Waals surface area (Å²) in [6, 6.07) is 7.53. The predicted octanol–water partition coefficient (Wildman–Crippen LogP) is 0.775. The van der Waals surface area contributed by atoms with Crippen LogP contribution in [0.25, 0.3) is 0 Å². The Morgan fingerprint density at radius 3 is 2.79 bits per heavy atom. The molecule has 2 N–H and O–H groups in total. The first kappa shape index (κ1) is 16.9. The highest BCUT2D eigenvalue weighted by molar-refractivity contribution is 6.00. The van der Waals surface area contributed by atoms with Crippen molar-refractivity contribution in [2.24, 2.45) is 5.41 Å². The summed E-state index contributed by atoms with van der Waals surface area (Å²) in [6.45, 7) is 3.74. The van der Waals surface area contributed by atoms with Crippen molar-refractivity contribution in [2.75, 3.05) is 39.9 Å². The normalized spacial score (nSPS) is 19.2. The second kappa shape index (κ2) is 7.32. The van der Waals surface area contributed by atoms with Crippen LogP contribution in [0.1, 0.15) is 28.8 Å². The lowest BCUT2D eigenvalue weighted by molar-refractivity contribution is -0.122. The molecule has 0 aliphatic carbocycles. The molecule has 0 saturated carbocycles. The minimum absolute atomic E-state index is 0.00631. The van der Waals surface area contributed by atoms with Crippen LogP contribution < -0.4 is 10.6 Å². The van der Waals surface area contributed by atoms with Crippen LogP contribution in [0, 0.1) is 5.41 Å². The number of fused-ring (bicyclic) bond motifs is 1. The molecule has 2 heterocycles. The average Bonchev–Trinajstić information content (AvgIpc) is 2.91. The van der Waals surface area contributed by atoms with Gasteiger partial charge in [0.2, 0.25) is 5.91 Å². The topological polar surface area (TPSA) is 70.7 Å². The summed E-state index contributed by atoms with van der Waals surface area (Å²) in [5.41, 5.74) is 1.69. The standard InChI is InChI=1S/C18H25N3O3/c1-24-13-18(6-8-19-9-7-18)12-20-16(22)11-21-10-14-4-2-3-5-15(14)17(21)23/h2-5,19H,6-13H2,1H3,(H,20,22). The van der Waals surface area contributed by atoms with Crippen molar-refractivity contribution in [1.82, 2.24) is 15.5 Å². The Hall–Kier alpha value is -1.92. The number of piperidine rings is 1. The maximum Gasteiger partial charge on any atom is 0.254 e. The number of carbonyl (C=O) groups is 2. The zero-order chi connectivity index (χ0) is 17.0. The third-order valence-electron chi connectivity index (χ3n) is 5.01. The molecule has 130 valence electrons. The Bertz CT molecular complexity index is 606. The van der Waals surface area contributed by atoms with Gasteiger partial charge in [-0.2, -0.15) is 0 Å². The Labute approximate surface area is 142 Å². The molecule has 1 aromatic rings. The zero-order valence-corrected chi connectivity index (χ0v) is 14.1. The highest BCUT2D eigenvalue weighted by atomic mass is 16.5. The third kappa shape index (κ3) is 3.60. The number of nitrogens with zero attached hydrogens (tertiary/aromatic N) is 1. The van der Waals surface area contributed by atoms with Crippen LogP contribution >= 0.6 is 0 Å². The van der Waals surface area contributed by atoms with Gasteiger partial charge in [0.25, 0.3) is 5.91 Å². The molecule has 0 aromatic heterocycles. The molecule has 0 atom stereocenters. The fraction of sp³-hybridized carbons (Fsp3) is 0.556. The van der Waals surface area contributed by atoms with Crippen LogP contribution in [-0.4, -0.2) is 56.6 Å². The molecule has 0 spiro atoms. The fourth-order valence-corrected chi connectivity index (χ4v) is 3.59. The SMILES string of the molecule is COCC1(CNC(=O)CN2Cc3ccccc3C2=O)CCNCC1. The third-order valence-corrected chi connectivity index (χ3v) is 5.01. The minimum Gasteiger partial charge on any atom is -0.384 e. The maximum absolute atomic E-state index is 12.3. The molecule has 1 aromatic carbocycles. The summed E-state index contributed by atoms with van der Waals surface area (Å²) in [6.07, 6.45) is 1.96. The molecular formula is C18H25N3O3. The monoisotopic (exact) mass is 331 g/mol. The van der Waals surface area contributed by atoms with E-state index in [4.69, 9.17) is 4.74 Å². The van der Waals surface area contributed by atoms with Gasteiger partial charge in [-0.3, -0.25) is 9.59 Å². The van der Waals surface area contributed by atoms with Gasteiger partial charge in [-0.05, 0) is 37.6 Å². The lowest BCUT2D eigenvalue weighted by atomic mass is 9.79. The first-order valence-electron chi connectivity index (χ1n) is 8.47. The van der Waals surface area contributed by atoms with E-state index < -0.39 is 0 Å². The molecule has 1 fully saturated rings. The van der Waals surface area contributed by atoms with E-state index >= 15 is 0 Å². The first-order chi connectivity index (χ1) is 11.6. The maximum atomic E-state index is 12.3. The number of amides is 2. The van der Waals surface area contributed by atoms with Crippen molar-refractivity contribution >= 4 is 11.8 Å². The highest BCUT2D eigenvalue weighted by Gasteiger charge is 2.33. The van der Waals surface area contributed by atoms with Gasteiger partial charge in [-0.15, -0.1) is 0 Å². The van der Waals surface area contributed by atoms with Gasteiger partial charge < -0.3 is 20.3 Å². The van der Waals surface area contributed by atoms with Gasteiger partial charge in [-0.25, -0.2) is 0 Å². The Morgan fingerprint density at radius 2 is 2.08 bits per heavy atom. The Morgan fingerprint density at radius 1 is 1.33 bits per heavy atom. The molecule has 2 aliphatic heterocycles. The number of methoxy groups -OCH3 is 1. The van der Waals surface area contributed by atoms with E-state index in [0.29, 0.717) is 25.3 Å². The number of ether oxygens (including phenoxy) is 1. The van der Waals surface area contributed by atoms with Crippen LogP contribution in [0.5, 0.6) is 0 Å². The summed E-state index contributed by atoms with van der Waals surface area (Å²) in [5, 5.41) is 6.35. The Balaban J connectivity index is 1.54. The second-order valence-electron chi connectivity index (χ2n) is 6.78. The van der Waals surface area contributed by atoms with Crippen molar-refractivity contribution in [3.05, 3.63) is 35.4 Å². The number of hydrogen-bond donors (Lipinski definition) is 2. The van der Waals surface area contributed by atoms with Crippen molar-refractivity contribution in [2.45, 2.75) is 19.4 Å². The van der Waals surface area contributed by atoms with Crippen LogP contribution in [0.15, 0.2) is 24.3 Å². The molecule has 3 rings (SSSR count). The summed E-state index contributed by atoms with van der Waals surface area (Å²) in [4.78, 5) is 26.2.